The number of thiophene rings is 1. The van der Waals surface area contributed by atoms with Crippen molar-refractivity contribution < 1.29 is 9.53 Å². The molecule has 5 nitrogen and oxygen atoms in total. The van der Waals surface area contributed by atoms with E-state index in [1.807, 2.05) is 11.0 Å². The first-order chi connectivity index (χ1) is 13.8. The summed E-state index contributed by atoms with van der Waals surface area (Å²) in [5.41, 5.74) is 2.35. The Kier molecular flexibility index (Phi) is 7.82. The van der Waals surface area contributed by atoms with Crippen LogP contribution >= 0.6 is 36.2 Å². The number of halogens is 2. The van der Waals surface area contributed by atoms with Crippen LogP contribution in [0, 0.1) is 0 Å². The van der Waals surface area contributed by atoms with Crippen molar-refractivity contribution >= 4 is 42.1 Å². The minimum Gasteiger partial charge on any atom is -0.370 e. The van der Waals surface area contributed by atoms with Crippen LogP contribution in [0.1, 0.15) is 44.6 Å². The molecule has 1 aromatic carbocycles. The van der Waals surface area contributed by atoms with E-state index in [0.717, 1.165) is 63.5 Å². The highest BCUT2D eigenvalue weighted by molar-refractivity contribution is 7.14. The Morgan fingerprint density at radius 1 is 1.13 bits per heavy atom. The summed E-state index contributed by atoms with van der Waals surface area (Å²) in [5, 5.41) is 6.98. The first kappa shape index (κ1) is 23.5. The van der Waals surface area contributed by atoms with Crippen molar-refractivity contribution in [1.82, 2.24) is 15.5 Å². The maximum atomic E-state index is 13.3. The monoisotopic (exact) mass is 469 g/mol. The molecule has 2 fully saturated rings. The van der Waals surface area contributed by atoms with Crippen molar-refractivity contribution in [2.24, 2.45) is 0 Å². The molecule has 5 rings (SSSR count). The minimum atomic E-state index is -0.177. The summed E-state index contributed by atoms with van der Waals surface area (Å²) in [7, 11) is 0. The highest BCUT2D eigenvalue weighted by Crippen LogP contribution is 2.43. The molecule has 4 heterocycles. The number of nitrogens with one attached hydrogen (secondary N) is 2. The molecule has 0 bridgehead atoms. The SMILES string of the molecule is Cl.Cl.O=C(c1cc2c(s1)CCOC21CCNCC1)N1CCNC(c2ccccc2)C1. The second-order valence-electron chi connectivity index (χ2n) is 7.96. The van der Waals surface area contributed by atoms with Crippen molar-refractivity contribution in [2.45, 2.75) is 30.9 Å². The Labute approximate surface area is 194 Å². The van der Waals surface area contributed by atoms with Gasteiger partial charge in [0.05, 0.1) is 17.1 Å². The van der Waals surface area contributed by atoms with Gasteiger partial charge in [-0.1, -0.05) is 30.3 Å². The topological polar surface area (TPSA) is 53.6 Å². The lowest BCUT2D eigenvalue weighted by molar-refractivity contribution is -0.0792. The highest BCUT2D eigenvalue weighted by atomic mass is 35.5. The predicted molar refractivity (Wildman–Crippen MR) is 125 cm³/mol. The van der Waals surface area contributed by atoms with Gasteiger partial charge in [-0.05, 0) is 43.1 Å². The second kappa shape index (κ2) is 9.98. The van der Waals surface area contributed by atoms with Crippen molar-refractivity contribution in [3.05, 3.63) is 57.3 Å². The first-order valence-electron chi connectivity index (χ1n) is 10.3. The summed E-state index contributed by atoms with van der Waals surface area (Å²) in [4.78, 5) is 17.6. The van der Waals surface area contributed by atoms with Crippen LogP contribution in [0.15, 0.2) is 36.4 Å². The number of hydrogen-bond donors (Lipinski definition) is 2. The van der Waals surface area contributed by atoms with E-state index in [2.05, 4.69) is 41.0 Å². The maximum Gasteiger partial charge on any atom is 0.264 e. The van der Waals surface area contributed by atoms with Gasteiger partial charge in [0, 0.05) is 37.0 Å². The number of ether oxygens (including phenoxy) is 1. The fourth-order valence-corrected chi connectivity index (χ4v) is 5.96. The third-order valence-corrected chi connectivity index (χ3v) is 7.48. The van der Waals surface area contributed by atoms with Gasteiger partial charge < -0.3 is 20.3 Å². The molecule has 1 aromatic heterocycles. The minimum absolute atomic E-state index is 0. The van der Waals surface area contributed by atoms with Gasteiger partial charge in [0.2, 0.25) is 0 Å². The average molecular weight is 470 g/mol. The molecule has 1 spiro atoms. The molecule has 8 heteroatoms. The van der Waals surface area contributed by atoms with E-state index in [9.17, 15) is 4.79 Å². The number of fused-ring (bicyclic) bond motifs is 2. The van der Waals surface area contributed by atoms with Gasteiger partial charge in [0.1, 0.15) is 0 Å². The Morgan fingerprint density at radius 2 is 1.90 bits per heavy atom. The van der Waals surface area contributed by atoms with E-state index in [-0.39, 0.29) is 42.4 Å². The van der Waals surface area contributed by atoms with E-state index < -0.39 is 0 Å². The molecule has 30 heavy (non-hydrogen) atoms. The Bertz CT molecular complexity index is 855. The summed E-state index contributed by atoms with van der Waals surface area (Å²) >= 11 is 1.69. The molecule has 2 N–H and O–H groups in total. The molecule has 1 atom stereocenters. The molecule has 2 saturated heterocycles. The van der Waals surface area contributed by atoms with Crippen LogP contribution in [-0.2, 0) is 16.8 Å². The van der Waals surface area contributed by atoms with Crippen LogP contribution in [-0.4, -0.2) is 50.1 Å². The maximum absolute atomic E-state index is 13.3. The Morgan fingerprint density at radius 3 is 2.67 bits per heavy atom. The van der Waals surface area contributed by atoms with E-state index >= 15 is 0 Å². The zero-order valence-electron chi connectivity index (χ0n) is 16.9. The number of piperidine rings is 1. The van der Waals surface area contributed by atoms with Gasteiger partial charge in [0.25, 0.3) is 5.91 Å². The van der Waals surface area contributed by atoms with Gasteiger partial charge in [-0.25, -0.2) is 0 Å². The predicted octanol–water partition coefficient (Wildman–Crippen LogP) is 3.53. The van der Waals surface area contributed by atoms with Gasteiger partial charge in [-0.2, -0.15) is 0 Å². The summed E-state index contributed by atoms with van der Waals surface area (Å²) < 4.78 is 6.28. The van der Waals surface area contributed by atoms with E-state index in [1.165, 1.54) is 16.0 Å². The number of rotatable bonds is 2. The number of piperazine rings is 1. The van der Waals surface area contributed by atoms with Crippen molar-refractivity contribution in [1.29, 1.82) is 0 Å². The lowest BCUT2D eigenvalue weighted by atomic mass is 9.83. The molecule has 1 unspecified atom stereocenters. The van der Waals surface area contributed by atoms with Crippen LogP contribution in [0.2, 0.25) is 0 Å². The number of nitrogens with zero attached hydrogens (tertiary/aromatic N) is 1. The van der Waals surface area contributed by atoms with Crippen LogP contribution in [0.25, 0.3) is 0 Å². The summed E-state index contributed by atoms with van der Waals surface area (Å²) in [6.07, 6.45) is 2.92. The first-order valence-corrected chi connectivity index (χ1v) is 11.1. The van der Waals surface area contributed by atoms with Gasteiger partial charge in [-0.3, -0.25) is 4.79 Å². The van der Waals surface area contributed by atoms with Crippen molar-refractivity contribution in [3.8, 4) is 0 Å². The second-order valence-corrected chi connectivity index (χ2v) is 9.10. The van der Waals surface area contributed by atoms with Crippen LogP contribution in [0.3, 0.4) is 0 Å². The Balaban J connectivity index is 0.00000128. The molecule has 0 aliphatic carbocycles. The molecule has 164 valence electrons. The quantitative estimate of drug-likeness (QED) is 0.706. The summed E-state index contributed by atoms with van der Waals surface area (Å²) in [5.74, 6) is 0.172. The van der Waals surface area contributed by atoms with Crippen molar-refractivity contribution in [2.75, 3.05) is 39.3 Å². The molecular weight excluding hydrogens is 441 g/mol. The van der Waals surface area contributed by atoms with E-state index in [4.69, 9.17) is 4.74 Å². The molecule has 3 aliphatic rings. The Hall–Kier alpha value is -1.15. The number of carbonyl (C=O) groups excluding carboxylic acids is 1. The summed E-state index contributed by atoms with van der Waals surface area (Å²) in [6, 6.07) is 12.8. The number of benzene rings is 1. The number of amides is 1. The third kappa shape index (κ3) is 4.40. The fraction of sp³-hybridized carbons (Fsp3) is 0.500. The molecule has 0 saturated carbocycles. The number of carbonyl (C=O) groups is 1. The smallest absolute Gasteiger partial charge is 0.264 e. The van der Waals surface area contributed by atoms with Crippen LogP contribution in [0.4, 0.5) is 0 Å². The zero-order chi connectivity index (χ0) is 19.0. The molecular formula is C22H29Cl2N3O2S. The molecule has 0 radical (unpaired) electrons. The molecule has 2 aromatic rings. The summed E-state index contributed by atoms with van der Waals surface area (Å²) in [6.45, 7) is 5.04. The number of hydrogen-bond acceptors (Lipinski definition) is 5. The standard InChI is InChI=1S/C22H27N3O2S.2ClH/c26-21(25-12-11-24-18(15-25)16-4-2-1-3-5-16)20-14-17-19(28-20)6-13-27-22(17)7-9-23-10-8-22;;/h1-5,14,18,23-24H,6-13,15H2;2*1H. The average Bonchev–Trinajstić information content (AvgIpc) is 3.21. The lowest BCUT2D eigenvalue weighted by Gasteiger charge is -2.40. The molecule has 1 amide bonds. The van der Waals surface area contributed by atoms with Crippen molar-refractivity contribution in [3.63, 3.8) is 0 Å². The molecule has 3 aliphatic heterocycles. The highest BCUT2D eigenvalue weighted by Gasteiger charge is 2.41. The van der Waals surface area contributed by atoms with Gasteiger partial charge in [0.15, 0.2) is 0 Å². The van der Waals surface area contributed by atoms with E-state index in [1.54, 1.807) is 11.3 Å². The van der Waals surface area contributed by atoms with Crippen LogP contribution < -0.4 is 10.6 Å². The van der Waals surface area contributed by atoms with E-state index in [0.29, 0.717) is 0 Å². The van der Waals surface area contributed by atoms with Gasteiger partial charge >= 0.3 is 0 Å². The third-order valence-electron chi connectivity index (χ3n) is 6.29. The van der Waals surface area contributed by atoms with Gasteiger partial charge in [-0.15, -0.1) is 36.2 Å². The largest absolute Gasteiger partial charge is 0.370 e. The lowest BCUT2D eigenvalue weighted by Crippen LogP contribution is -2.48. The fourth-order valence-electron chi connectivity index (χ4n) is 4.77. The zero-order valence-corrected chi connectivity index (χ0v) is 19.3. The van der Waals surface area contributed by atoms with Crippen LogP contribution in [0.5, 0.6) is 0 Å². The normalized spacial score (nSPS) is 22.5.